The molecule has 5 heteroatoms. The Morgan fingerprint density at radius 2 is 2.13 bits per heavy atom. The molecule has 0 aromatic carbocycles. The fraction of sp³-hybridized carbons (Fsp3) is 0.900. The number of carbonyl (C=O) groups is 1. The van der Waals surface area contributed by atoms with E-state index in [1.54, 1.807) is 18.9 Å². The number of likely N-dealkylation sites (N-methyl/N-ethyl adjacent to an activating group) is 1. The lowest BCUT2D eigenvalue weighted by molar-refractivity contribution is -0.143. The van der Waals surface area contributed by atoms with Gasteiger partial charge in [-0.25, -0.2) is 0 Å². The molecule has 0 amide bonds. The van der Waals surface area contributed by atoms with Gasteiger partial charge in [0.05, 0.1) is 13.7 Å². The third-order valence-corrected chi connectivity index (χ3v) is 2.90. The van der Waals surface area contributed by atoms with Crippen molar-refractivity contribution in [1.82, 2.24) is 5.32 Å². The molecule has 4 nitrogen and oxygen atoms in total. The van der Waals surface area contributed by atoms with Crippen molar-refractivity contribution in [3.8, 4) is 0 Å². The molecule has 0 rings (SSSR count). The van der Waals surface area contributed by atoms with Crippen LogP contribution in [0, 0.1) is 0 Å². The number of rotatable bonds is 9. The number of ether oxygens (including phenoxy) is 2. The SMILES string of the molecule is CCNC(CCSCCOC)C(=O)OC. The van der Waals surface area contributed by atoms with Gasteiger partial charge in [0.15, 0.2) is 0 Å². The van der Waals surface area contributed by atoms with E-state index in [-0.39, 0.29) is 12.0 Å². The Morgan fingerprint density at radius 1 is 1.40 bits per heavy atom. The molecule has 0 fully saturated rings. The van der Waals surface area contributed by atoms with Gasteiger partial charge >= 0.3 is 5.97 Å². The Balaban J connectivity index is 3.61. The highest BCUT2D eigenvalue weighted by molar-refractivity contribution is 7.99. The lowest BCUT2D eigenvalue weighted by Gasteiger charge is -2.14. The van der Waals surface area contributed by atoms with Crippen LogP contribution in [0.25, 0.3) is 0 Å². The summed E-state index contributed by atoms with van der Waals surface area (Å²) in [6, 6.07) is -0.171. The molecule has 0 saturated carbocycles. The first-order valence-corrected chi connectivity index (χ1v) is 6.29. The summed E-state index contributed by atoms with van der Waals surface area (Å²) >= 11 is 1.79. The second kappa shape index (κ2) is 10.3. The van der Waals surface area contributed by atoms with Crippen molar-refractivity contribution in [2.75, 3.05) is 38.9 Å². The van der Waals surface area contributed by atoms with Gasteiger partial charge in [-0.2, -0.15) is 11.8 Å². The van der Waals surface area contributed by atoms with Crippen molar-refractivity contribution in [3.63, 3.8) is 0 Å². The molecule has 1 atom stereocenters. The van der Waals surface area contributed by atoms with Crippen LogP contribution in [-0.2, 0) is 14.3 Å². The summed E-state index contributed by atoms with van der Waals surface area (Å²) in [6.45, 7) is 3.52. The number of esters is 1. The molecule has 0 bridgehead atoms. The van der Waals surface area contributed by atoms with Crippen LogP contribution in [0.15, 0.2) is 0 Å². The summed E-state index contributed by atoms with van der Waals surface area (Å²) in [6.07, 6.45) is 0.800. The first-order valence-electron chi connectivity index (χ1n) is 5.14. The average molecular weight is 235 g/mol. The number of methoxy groups -OCH3 is 2. The summed E-state index contributed by atoms with van der Waals surface area (Å²) in [4.78, 5) is 11.3. The van der Waals surface area contributed by atoms with Gasteiger partial charge in [0.1, 0.15) is 6.04 Å². The van der Waals surface area contributed by atoms with Gasteiger partial charge < -0.3 is 14.8 Å². The highest BCUT2D eigenvalue weighted by Crippen LogP contribution is 2.05. The minimum absolute atomic E-state index is 0.171. The number of carbonyl (C=O) groups excluding carboxylic acids is 1. The molecular weight excluding hydrogens is 214 g/mol. The zero-order valence-corrected chi connectivity index (χ0v) is 10.6. The van der Waals surface area contributed by atoms with Crippen molar-refractivity contribution in [2.24, 2.45) is 0 Å². The van der Waals surface area contributed by atoms with Gasteiger partial charge in [0.2, 0.25) is 0 Å². The Bertz CT molecular complexity index is 167. The molecule has 0 saturated heterocycles. The molecule has 0 radical (unpaired) electrons. The first kappa shape index (κ1) is 14.7. The van der Waals surface area contributed by atoms with Gasteiger partial charge in [-0.05, 0) is 18.7 Å². The monoisotopic (exact) mass is 235 g/mol. The molecule has 0 aromatic heterocycles. The fourth-order valence-corrected chi connectivity index (χ4v) is 2.03. The molecule has 0 heterocycles. The van der Waals surface area contributed by atoms with Gasteiger partial charge in [0.25, 0.3) is 0 Å². The molecule has 1 N–H and O–H groups in total. The lowest BCUT2D eigenvalue weighted by Crippen LogP contribution is -2.37. The summed E-state index contributed by atoms with van der Waals surface area (Å²) in [7, 11) is 3.11. The van der Waals surface area contributed by atoms with E-state index in [0.717, 1.165) is 31.1 Å². The second-order valence-electron chi connectivity index (χ2n) is 3.03. The zero-order chi connectivity index (χ0) is 11.5. The molecular formula is C10H21NO3S. The molecule has 15 heavy (non-hydrogen) atoms. The highest BCUT2D eigenvalue weighted by atomic mass is 32.2. The van der Waals surface area contributed by atoms with E-state index < -0.39 is 0 Å². The van der Waals surface area contributed by atoms with Crippen LogP contribution < -0.4 is 5.32 Å². The number of hydrogen-bond acceptors (Lipinski definition) is 5. The number of nitrogens with one attached hydrogen (secondary N) is 1. The maximum absolute atomic E-state index is 11.3. The molecule has 0 aliphatic heterocycles. The normalized spacial score (nSPS) is 12.5. The molecule has 0 aliphatic carbocycles. The Kier molecular flexibility index (Phi) is 10.1. The molecule has 0 aromatic rings. The van der Waals surface area contributed by atoms with Crippen LogP contribution in [0.4, 0.5) is 0 Å². The van der Waals surface area contributed by atoms with Crippen LogP contribution in [-0.4, -0.2) is 50.9 Å². The minimum Gasteiger partial charge on any atom is -0.468 e. The van der Waals surface area contributed by atoms with Gasteiger partial charge in [0, 0.05) is 12.9 Å². The molecule has 1 unspecified atom stereocenters. The van der Waals surface area contributed by atoms with Gasteiger partial charge in [-0.15, -0.1) is 0 Å². The smallest absolute Gasteiger partial charge is 0.322 e. The van der Waals surface area contributed by atoms with Crippen molar-refractivity contribution in [2.45, 2.75) is 19.4 Å². The summed E-state index contributed by atoms with van der Waals surface area (Å²) in [5.74, 6) is 1.73. The molecule has 90 valence electrons. The van der Waals surface area contributed by atoms with Gasteiger partial charge in [-0.1, -0.05) is 6.92 Å². The predicted octanol–water partition coefficient (Wildman–Crippen LogP) is 0.907. The largest absolute Gasteiger partial charge is 0.468 e. The van der Waals surface area contributed by atoms with E-state index in [1.165, 1.54) is 7.11 Å². The minimum atomic E-state index is -0.177. The Hall–Kier alpha value is -0.260. The Labute approximate surface area is 96.1 Å². The fourth-order valence-electron chi connectivity index (χ4n) is 1.14. The van der Waals surface area contributed by atoms with Crippen molar-refractivity contribution in [3.05, 3.63) is 0 Å². The number of thioether (sulfide) groups is 1. The van der Waals surface area contributed by atoms with Crippen molar-refractivity contribution >= 4 is 17.7 Å². The Morgan fingerprint density at radius 3 is 2.67 bits per heavy atom. The van der Waals surface area contributed by atoms with E-state index in [0.29, 0.717) is 0 Å². The highest BCUT2D eigenvalue weighted by Gasteiger charge is 2.16. The number of hydrogen-bond donors (Lipinski definition) is 1. The van der Waals surface area contributed by atoms with Crippen molar-refractivity contribution < 1.29 is 14.3 Å². The van der Waals surface area contributed by atoms with E-state index in [4.69, 9.17) is 9.47 Å². The predicted molar refractivity (Wildman–Crippen MR) is 63.3 cm³/mol. The molecule has 0 aliphatic rings. The van der Waals surface area contributed by atoms with Crippen LogP contribution in [0.3, 0.4) is 0 Å². The summed E-state index contributed by atoms with van der Waals surface area (Å²) in [5, 5.41) is 3.11. The lowest BCUT2D eigenvalue weighted by atomic mass is 10.2. The standard InChI is InChI=1S/C10H21NO3S/c1-4-11-9(10(12)14-3)5-7-15-8-6-13-2/h9,11H,4-8H2,1-3H3. The van der Waals surface area contributed by atoms with Crippen LogP contribution in [0.2, 0.25) is 0 Å². The third-order valence-electron chi connectivity index (χ3n) is 1.92. The van der Waals surface area contributed by atoms with Crippen LogP contribution in [0.5, 0.6) is 0 Å². The topological polar surface area (TPSA) is 47.6 Å². The summed E-state index contributed by atoms with van der Waals surface area (Å²) in [5.41, 5.74) is 0. The maximum atomic E-state index is 11.3. The van der Waals surface area contributed by atoms with Crippen LogP contribution in [0.1, 0.15) is 13.3 Å². The maximum Gasteiger partial charge on any atom is 0.322 e. The zero-order valence-electron chi connectivity index (χ0n) is 9.75. The summed E-state index contributed by atoms with van der Waals surface area (Å²) < 4.78 is 9.64. The van der Waals surface area contributed by atoms with E-state index in [1.807, 2.05) is 6.92 Å². The molecule has 0 spiro atoms. The van der Waals surface area contributed by atoms with Crippen molar-refractivity contribution in [1.29, 1.82) is 0 Å². The average Bonchev–Trinajstić information content (AvgIpc) is 2.26. The van der Waals surface area contributed by atoms with E-state index >= 15 is 0 Å². The quantitative estimate of drug-likeness (QED) is 0.475. The second-order valence-corrected chi connectivity index (χ2v) is 4.25. The van der Waals surface area contributed by atoms with E-state index in [2.05, 4.69) is 5.32 Å². The van der Waals surface area contributed by atoms with E-state index in [9.17, 15) is 4.79 Å². The van der Waals surface area contributed by atoms with Gasteiger partial charge in [-0.3, -0.25) is 4.79 Å². The van der Waals surface area contributed by atoms with Crippen LogP contribution >= 0.6 is 11.8 Å². The first-order chi connectivity index (χ1) is 7.26. The third kappa shape index (κ3) is 7.64.